The molecule has 0 saturated carbocycles. The Morgan fingerprint density at radius 3 is 2.50 bits per heavy atom. The number of benzene rings is 1. The third-order valence-corrected chi connectivity index (χ3v) is 5.72. The molecule has 1 aromatic heterocycles. The molecule has 2 aromatic rings. The van der Waals surface area contributed by atoms with Gasteiger partial charge in [0.15, 0.2) is 5.78 Å². The molecule has 158 valence electrons. The molecule has 0 radical (unpaired) electrons. The van der Waals surface area contributed by atoms with Gasteiger partial charge in [0, 0.05) is 42.6 Å². The highest BCUT2D eigenvalue weighted by Crippen LogP contribution is 2.31. The Morgan fingerprint density at radius 1 is 1.17 bits per heavy atom. The second kappa shape index (κ2) is 7.80. The van der Waals surface area contributed by atoms with Crippen LogP contribution < -0.4 is 5.73 Å². The SMILES string of the molecule is C/C1=C/C(=O)c2ccccc2-c2nn(C3CCN(C(=O)CC(C)(C)N)CC3)nc2C1. The van der Waals surface area contributed by atoms with Crippen LogP contribution in [-0.2, 0) is 11.2 Å². The summed E-state index contributed by atoms with van der Waals surface area (Å²) in [6, 6.07) is 7.73. The Bertz CT molecular complexity index is 1010. The van der Waals surface area contributed by atoms with Crippen molar-refractivity contribution in [3.63, 3.8) is 0 Å². The van der Waals surface area contributed by atoms with Crippen molar-refractivity contribution in [1.82, 2.24) is 19.9 Å². The molecule has 7 nitrogen and oxygen atoms in total. The molecule has 1 aliphatic carbocycles. The number of rotatable bonds is 3. The van der Waals surface area contributed by atoms with Crippen molar-refractivity contribution in [3.8, 4) is 11.3 Å². The first kappa shape index (κ1) is 20.5. The van der Waals surface area contributed by atoms with Crippen molar-refractivity contribution in [2.75, 3.05) is 13.1 Å². The van der Waals surface area contributed by atoms with E-state index in [4.69, 9.17) is 15.9 Å². The number of fused-ring (bicyclic) bond motifs is 3. The Kier molecular flexibility index (Phi) is 5.32. The zero-order chi connectivity index (χ0) is 21.5. The summed E-state index contributed by atoms with van der Waals surface area (Å²) in [5.41, 5.74) is 9.67. The maximum Gasteiger partial charge on any atom is 0.224 e. The number of nitrogens with zero attached hydrogens (tertiary/aromatic N) is 4. The van der Waals surface area contributed by atoms with Gasteiger partial charge in [-0.2, -0.15) is 15.0 Å². The van der Waals surface area contributed by atoms with Crippen LogP contribution in [0.25, 0.3) is 11.3 Å². The van der Waals surface area contributed by atoms with Gasteiger partial charge in [0.25, 0.3) is 0 Å². The first-order valence-corrected chi connectivity index (χ1v) is 10.5. The lowest BCUT2D eigenvalue weighted by atomic mass is 9.94. The van der Waals surface area contributed by atoms with Crippen LogP contribution in [0.15, 0.2) is 35.9 Å². The van der Waals surface area contributed by atoms with E-state index in [-0.39, 0.29) is 17.7 Å². The molecule has 0 unspecified atom stereocenters. The molecular formula is C23H29N5O2. The van der Waals surface area contributed by atoms with E-state index in [9.17, 15) is 9.59 Å². The number of aromatic nitrogens is 3. The van der Waals surface area contributed by atoms with E-state index in [2.05, 4.69) is 0 Å². The van der Waals surface area contributed by atoms with Gasteiger partial charge in [0.1, 0.15) is 5.69 Å². The molecule has 1 fully saturated rings. The van der Waals surface area contributed by atoms with Crippen LogP contribution >= 0.6 is 0 Å². The summed E-state index contributed by atoms with van der Waals surface area (Å²) in [4.78, 5) is 28.8. The number of likely N-dealkylation sites (tertiary alicyclic amines) is 1. The standard InChI is InChI=1S/C23H29N5O2/c1-15-12-19-22(18-7-5-4-6-17(18)20(29)13-15)26-28(25-19)16-8-10-27(11-9-16)21(30)14-23(2,3)24/h4-7,13,16H,8-12,14,24H2,1-3H3/b15-13-. The summed E-state index contributed by atoms with van der Waals surface area (Å²) in [6.07, 6.45) is 4.27. The predicted octanol–water partition coefficient (Wildman–Crippen LogP) is 2.92. The fourth-order valence-electron chi connectivity index (χ4n) is 4.21. The van der Waals surface area contributed by atoms with Gasteiger partial charge < -0.3 is 10.6 Å². The van der Waals surface area contributed by atoms with E-state index in [1.54, 1.807) is 10.9 Å². The highest BCUT2D eigenvalue weighted by Gasteiger charge is 2.29. The smallest absolute Gasteiger partial charge is 0.224 e. The minimum atomic E-state index is -0.496. The van der Waals surface area contributed by atoms with Crippen LogP contribution in [0.1, 0.15) is 62.1 Å². The number of allylic oxidation sites excluding steroid dienone is 2. The predicted molar refractivity (Wildman–Crippen MR) is 115 cm³/mol. The maximum absolute atomic E-state index is 12.6. The number of nitrogens with two attached hydrogens (primary N) is 1. The lowest BCUT2D eigenvalue weighted by molar-refractivity contribution is -0.133. The van der Waals surface area contributed by atoms with Crippen molar-refractivity contribution in [3.05, 3.63) is 47.2 Å². The van der Waals surface area contributed by atoms with E-state index >= 15 is 0 Å². The van der Waals surface area contributed by atoms with Gasteiger partial charge in [-0.3, -0.25) is 9.59 Å². The lowest BCUT2D eigenvalue weighted by Crippen LogP contribution is -2.44. The molecule has 2 N–H and O–H groups in total. The molecule has 1 aliphatic heterocycles. The fourth-order valence-corrected chi connectivity index (χ4v) is 4.21. The molecule has 2 heterocycles. The van der Waals surface area contributed by atoms with E-state index in [1.165, 1.54) is 0 Å². The third-order valence-electron chi connectivity index (χ3n) is 5.72. The molecule has 1 saturated heterocycles. The van der Waals surface area contributed by atoms with Crippen molar-refractivity contribution < 1.29 is 9.59 Å². The summed E-state index contributed by atoms with van der Waals surface area (Å²) >= 11 is 0. The molecule has 2 aliphatic rings. The van der Waals surface area contributed by atoms with E-state index in [1.807, 2.05) is 49.9 Å². The number of hydrogen-bond acceptors (Lipinski definition) is 5. The number of carbonyl (C=O) groups is 2. The van der Waals surface area contributed by atoms with Gasteiger partial charge in [-0.25, -0.2) is 0 Å². The minimum Gasteiger partial charge on any atom is -0.342 e. The second-order valence-corrected chi connectivity index (χ2v) is 9.17. The second-order valence-electron chi connectivity index (χ2n) is 9.17. The summed E-state index contributed by atoms with van der Waals surface area (Å²) in [6.45, 7) is 7.07. The van der Waals surface area contributed by atoms with Crippen molar-refractivity contribution >= 4 is 11.7 Å². The van der Waals surface area contributed by atoms with Crippen LogP contribution in [0.5, 0.6) is 0 Å². The molecule has 0 bridgehead atoms. The summed E-state index contributed by atoms with van der Waals surface area (Å²) in [7, 11) is 0. The van der Waals surface area contributed by atoms with Crippen molar-refractivity contribution in [2.45, 2.75) is 58.0 Å². The Labute approximate surface area is 176 Å². The zero-order valence-electron chi connectivity index (χ0n) is 17.9. The van der Waals surface area contributed by atoms with Crippen LogP contribution in [0.2, 0.25) is 0 Å². The average molecular weight is 408 g/mol. The Hall–Kier alpha value is -2.80. The van der Waals surface area contributed by atoms with Crippen LogP contribution in [-0.4, -0.2) is 50.2 Å². The molecule has 0 spiro atoms. The minimum absolute atomic E-state index is 0.0120. The third kappa shape index (κ3) is 4.21. The Balaban J connectivity index is 1.56. The average Bonchev–Trinajstić information content (AvgIpc) is 3.09. The fraction of sp³-hybridized carbons (Fsp3) is 0.478. The number of piperidine rings is 1. The van der Waals surface area contributed by atoms with E-state index < -0.39 is 5.54 Å². The topological polar surface area (TPSA) is 94.1 Å². The van der Waals surface area contributed by atoms with Gasteiger partial charge in [0.05, 0.1) is 11.7 Å². The van der Waals surface area contributed by atoms with E-state index in [0.717, 1.165) is 35.4 Å². The normalized spacial score (nSPS) is 19.4. The molecule has 1 aromatic carbocycles. The number of hydrogen-bond donors (Lipinski definition) is 1. The van der Waals surface area contributed by atoms with Crippen molar-refractivity contribution in [2.24, 2.45) is 5.73 Å². The van der Waals surface area contributed by atoms with Crippen molar-refractivity contribution in [1.29, 1.82) is 0 Å². The van der Waals surface area contributed by atoms with Crippen LogP contribution in [0, 0.1) is 0 Å². The van der Waals surface area contributed by atoms with Crippen LogP contribution in [0.3, 0.4) is 0 Å². The molecule has 4 rings (SSSR count). The van der Waals surface area contributed by atoms with Gasteiger partial charge in [-0.1, -0.05) is 29.8 Å². The van der Waals surface area contributed by atoms with Gasteiger partial charge in [-0.15, -0.1) is 0 Å². The highest BCUT2D eigenvalue weighted by molar-refractivity contribution is 6.09. The zero-order valence-corrected chi connectivity index (χ0v) is 17.9. The number of amides is 1. The van der Waals surface area contributed by atoms with Crippen LogP contribution in [0.4, 0.5) is 0 Å². The molecule has 0 atom stereocenters. The summed E-state index contributed by atoms with van der Waals surface area (Å²) in [5.74, 6) is 0.118. The largest absolute Gasteiger partial charge is 0.342 e. The Morgan fingerprint density at radius 2 is 1.83 bits per heavy atom. The molecule has 7 heteroatoms. The maximum atomic E-state index is 12.6. The first-order chi connectivity index (χ1) is 14.2. The molecule has 1 amide bonds. The monoisotopic (exact) mass is 407 g/mol. The van der Waals surface area contributed by atoms with Gasteiger partial charge in [-0.05, 0) is 39.7 Å². The first-order valence-electron chi connectivity index (χ1n) is 10.5. The highest BCUT2D eigenvalue weighted by atomic mass is 16.2. The summed E-state index contributed by atoms with van der Waals surface area (Å²) < 4.78 is 0. The van der Waals surface area contributed by atoms with E-state index in [0.29, 0.717) is 31.5 Å². The van der Waals surface area contributed by atoms with Gasteiger partial charge in [0.2, 0.25) is 5.91 Å². The molecule has 30 heavy (non-hydrogen) atoms. The lowest BCUT2D eigenvalue weighted by Gasteiger charge is -2.33. The number of ketones is 1. The van der Waals surface area contributed by atoms with Gasteiger partial charge >= 0.3 is 0 Å². The quantitative estimate of drug-likeness (QED) is 0.844. The molecular weight excluding hydrogens is 378 g/mol. The number of carbonyl (C=O) groups excluding carboxylic acids is 2. The summed E-state index contributed by atoms with van der Waals surface area (Å²) in [5, 5.41) is 9.63.